The van der Waals surface area contributed by atoms with Crippen molar-refractivity contribution in [3.63, 3.8) is 0 Å². The molecule has 2 heterocycles. The number of phosphoric ester groups is 1. The van der Waals surface area contributed by atoms with E-state index in [-0.39, 0.29) is 26.4 Å². The minimum Gasteiger partial charge on any atom is -0.388 e. The molecule has 2 aliphatic heterocycles. The standard InChI is InChI=1S/C10H19O8P/c1-3-16-19(13,17-4-2)18-10(12)6-15-8-7(11)5-14-9(8)10/h7-9,11-12H,3-6H2,1-2H3/t7-,8-,9+,10+/m1/s1. The molecule has 2 aliphatic rings. The van der Waals surface area contributed by atoms with Crippen molar-refractivity contribution in [1.82, 2.24) is 0 Å². The van der Waals surface area contributed by atoms with Crippen LogP contribution in [0.2, 0.25) is 0 Å². The highest BCUT2D eigenvalue weighted by Gasteiger charge is 2.59. The van der Waals surface area contributed by atoms with Crippen LogP contribution in [0.4, 0.5) is 0 Å². The average Bonchev–Trinajstić information content (AvgIpc) is 2.83. The molecule has 8 nitrogen and oxygen atoms in total. The van der Waals surface area contributed by atoms with Crippen molar-refractivity contribution in [3.05, 3.63) is 0 Å². The van der Waals surface area contributed by atoms with Crippen LogP contribution >= 0.6 is 7.82 Å². The molecule has 112 valence electrons. The number of aliphatic hydroxyl groups is 2. The number of rotatable bonds is 6. The van der Waals surface area contributed by atoms with E-state index in [9.17, 15) is 14.8 Å². The number of phosphoric acid groups is 1. The van der Waals surface area contributed by atoms with Gasteiger partial charge in [0, 0.05) is 0 Å². The average molecular weight is 298 g/mol. The first kappa shape index (κ1) is 15.3. The molecule has 0 amide bonds. The van der Waals surface area contributed by atoms with E-state index in [1.165, 1.54) is 0 Å². The summed E-state index contributed by atoms with van der Waals surface area (Å²) in [5.41, 5.74) is 0. The Bertz CT molecular complexity index is 353. The van der Waals surface area contributed by atoms with Crippen LogP contribution in [0.1, 0.15) is 13.8 Å². The summed E-state index contributed by atoms with van der Waals surface area (Å²) >= 11 is 0. The summed E-state index contributed by atoms with van der Waals surface area (Å²) in [5, 5.41) is 19.9. The monoisotopic (exact) mass is 298 g/mol. The van der Waals surface area contributed by atoms with Crippen LogP contribution in [0, 0.1) is 0 Å². The second-order valence-electron chi connectivity index (χ2n) is 4.32. The molecule has 2 fully saturated rings. The van der Waals surface area contributed by atoms with Crippen LogP contribution in [0.25, 0.3) is 0 Å². The minimum atomic E-state index is -3.89. The number of fused-ring (bicyclic) bond motifs is 1. The molecule has 0 spiro atoms. The van der Waals surface area contributed by atoms with Crippen LogP contribution in [-0.2, 0) is 27.6 Å². The molecule has 4 atom stereocenters. The summed E-state index contributed by atoms with van der Waals surface area (Å²) in [5.74, 6) is -1.96. The van der Waals surface area contributed by atoms with Crippen molar-refractivity contribution in [1.29, 1.82) is 0 Å². The first-order valence-corrected chi connectivity index (χ1v) is 7.63. The van der Waals surface area contributed by atoms with E-state index in [0.29, 0.717) is 0 Å². The molecule has 0 aromatic heterocycles. The van der Waals surface area contributed by atoms with E-state index in [0.717, 1.165) is 0 Å². The largest absolute Gasteiger partial charge is 0.477 e. The van der Waals surface area contributed by atoms with Gasteiger partial charge in [0.1, 0.15) is 24.9 Å². The summed E-state index contributed by atoms with van der Waals surface area (Å²) in [6, 6.07) is 0. The summed E-state index contributed by atoms with van der Waals surface area (Å²) in [4.78, 5) is 0. The Hall–Kier alpha value is -0.0500. The molecule has 0 radical (unpaired) electrons. The van der Waals surface area contributed by atoms with Crippen molar-refractivity contribution in [3.8, 4) is 0 Å². The Labute approximate surface area is 111 Å². The van der Waals surface area contributed by atoms with E-state index in [2.05, 4.69) is 0 Å². The van der Waals surface area contributed by atoms with Gasteiger partial charge in [-0.2, -0.15) is 0 Å². The quantitative estimate of drug-likeness (QED) is 0.523. The fraction of sp³-hybridized carbons (Fsp3) is 1.00. The number of hydrogen-bond donors (Lipinski definition) is 2. The lowest BCUT2D eigenvalue weighted by Crippen LogP contribution is -2.45. The highest BCUT2D eigenvalue weighted by atomic mass is 31.2. The summed E-state index contributed by atoms with van der Waals surface area (Å²) in [6.07, 6.45) is -2.47. The van der Waals surface area contributed by atoms with Gasteiger partial charge >= 0.3 is 7.82 Å². The third-order valence-corrected chi connectivity index (χ3v) is 4.58. The van der Waals surface area contributed by atoms with Gasteiger partial charge in [0.15, 0.2) is 0 Å². The second kappa shape index (κ2) is 5.75. The van der Waals surface area contributed by atoms with E-state index in [1.54, 1.807) is 13.8 Å². The van der Waals surface area contributed by atoms with E-state index in [1.807, 2.05) is 0 Å². The molecule has 0 aromatic carbocycles. The molecular weight excluding hydrogens is 279 g/mol. The fourth-order valence-corrected chi connectivity index (χ4v) is 3.51. The number of aliphatic hydroxyl groups excluding tert-OH is 1. The van der Waals surface area contributed by atoms with Crippen molar-refractivity contribution >= 4 is 7.82 Å². The smallest absolute Gasteiger partial charge is 0.388 e. The minimum absolute atomic E-state index is 0.0224. The van der Waals surface area contributed by atoms with Gasteiger partial charge in [0.05, 0.1) is 19.8 Å². The lowest BCUT2D eigenvalue weighted by molar-refractivity contribution is -0.203. The summed E-state index contributed by atoms with van der Waals surface area (Å²) in [7, 11) is -3.89. The molecule has 2 saturated heterocycles. The highest BCUT2D eigenvalue weighted by Crippen LogP contribution is 2.54. The molecule has 9 heteroatoms. The Morgan fingerprint density at radius 2 is 1.95 bits per heavy atom. The molecule has 0 unspecified atom stereocenters. The van der Waals surface area contributed by atoms with Gasteiger partial charge in [-0.1, -0.05) is 0 Å². The van der Waals surface area contributed by atoms with E-state index >= 15 is 0 Å². The normalized spacial score (nSPS) is 38.6. The van der Waals surface area contributed by atoms with Crippen LogP contribution in [0.3, 0.4) is 0 Å². The van der Waals surface area contributed by atoms with Gasteiger partial charge < -0.3 is 19.7 Å². The van der Waals surface area contributed by atoms with Gasteiger partial charge in [0.25, 0.3) is 0 Å². The van der Waals surface area contributed by atoms with Crippen LogP contribution in [0.5, 0.6) is 0 Å². The third kappa shape index (κ3) is 3.01. The zero-order valence-corrected chi connectivity index (χ0v) is 11.7. The maximum absolute atomic E-state index is 12.2. The zero-order chi connectivity index (χ0) is 14.1. The van der Waals surface area contributed by atoms with Gasteiger partial charge in [-0.25, -0.2) is 9.09 Å². The fourth-order valence-electron chi connectivity index (χ4n) is 2.15. The third-order valence-electron chi connectivity index (χ3n) is 2.90. The Balaban J connectivity index is 2.10. The van der Waals surface area contributed by atoms with Crippen molar-refractivity contribution in [2.75, 3.05) is 26.4 Å². The summed E-state index contributed by atoms with van der Waals surface area (Å²) in [6.45, 7) is 3.21. The number of hydrogen-bond acceptors (Lipinski definition) is 8. The van der Waals surface area contributed by atoms with Crippen LogP contribution in [0.15, 0.2) is 0 Å². The van der Waals surface area contributed by atoms with Gasteiger partial charge in [-0.05, 0) is 13.8 Å². The maximum Gasteiger partial charge on any atom is 0.477 e. The van der Waals surface area contributed by atoms with E-state index in [4.69, 9.17) is 23.0 Å². The Kier molecular flexibility index (Phi) is 4.64. The molecule has 0 aromatic rings. The summed E-state index contributed by atoms with van der Waals surface area (Å²) < 4.78 is 37.7. The highest BCUT2D eigenvalue weighted by molar-refractivity contribution is 7.48. The first-order chi connectivity index (χ1) is 8.94. The zero-order valence-electron chi connectivity index (χ0n) is 10.9. The first-order valence-electron chi connectivity index (χ1n) is 6.17. The molecule has 2 rings (SSSR count). The van der Waals surface area contributed by atoms with Crippen molar-refractivity contribution in [2.24, 2.45) is 0 Å². The second-order valence-corrected chi connectivity index (χ2v) is 5.91. The van der Waals surface area contributed by atoms with Gasteiger partial charge in [0.2, 0.25) is 5.79 Å². The van der Waals surface area contributed by atoms with Crippen LogP contribution < -0.4 is 0 Å². The Morgan fingerprint density at radius 3 is 2.53 bits per heavy atom. The van der Waals surface area contributed by atoms with Crippen molar-refractivity contribution < 1.29 is 37.8 Å². The molecule has 0 saturated carbocycles. The number of ether oxygens (including phenoxy) is 2. The predicted molar refractivity (Wildman–Crippen MR) is 62.4 cm³/mol. The topological polar surface area (TPSA) is 104 Å². The molecule has 19 heavy (non-hydrogen) atoms. The van der Waals surface area contributed by atoms with Gasteiger partial charge in [-0.3, -0.25) is 9.05 Å². The Morgan fingerprint density at radius 1 is 1.32 bits per heavy atom. The molecule has 0 bridgehead atoms. The van der Waals surface area contributed by atoms with Crippen molar-refractivity contribution in [2.45, 2.75) is 37.9 Å². The van der Waals surface area contributed by atoms with E-state index < -0.39 is 31.9 Å². The lowest BCUT2D eigenvalue weighted by atomic mass is 10.1. The molecule has 2 N–H and O–H groups in total. The molecule has 0 aliphatic carbocycles. The lowest BCUT2D eigenvalue weighted by Gasteiger charge is -2.29. The van der Waals surface area contributed by atoms with Crippen LogP contribution in [-0.4, -0.2) is 60.7 Å². The van der Waals surface area contributed by atoms with Gasteiger partial charge in [-0.15, -0.1) is 0 Å². The maximum atomic E-state index is 12.2. The SMILES string of the molecule is CCOP(=O)(OCC)O[C@@]1(O)CO[C@@H]2[C@H](O)CO[C@@H]21. The predicted octanol–water partition coefficient (Wildman–Crippen LogP) is 0.0312. The molecular formula is C10H19O8P.